The first-order valence-electron chi connectivity index (χ1n) is 6.37. The Morgan fingerprint density at radius 1 is 1.15 bits per heavy atom. The van der Waals surface area contributed by atoms with Gasteiger partial charge in [-0.25, -0.2) is 0 Å². The highest BCUT2D eigenvalue weighted by Crippen LogP contribution is 2.31. The minimum absolute atomic E-state index is 0.0960. The fourth-order valence-electron chi connectivity index (χ4n) is 1.93. The van der Waals surface area contributed by atoms with Crippen LogP contribution in [0, 0.1) is 0 Å². The third kappa shape index (κ3) is 3.75. The average molecular weight is 356 g/mol. The highest BCUT2D eigenvalue weighted by Gasteiger charge is 2.15. The molecule has 2 aromatic carbocycles. The van der Waals surface area contributed by atoms with E-state index in [1.165, 1.54) is 0 Å². The maximum Gasteiger partial charge on any atom is 0.120 e. The van der Waals surface area contributed by atoms with Crippen molar-refractivity contribution < 1.29 is 9.84 Å². The number of ether oxygens (including phenoxy) is 1. The van der Waals surface area contributed by atoms with Crippen LogP contribution >= 0.6 is 27.5 Å². The van der Waals surface area contributed by atoms with Crippen molar-refractivity contribution in [3.8, 4) is 5.75 Å². The van der Waals surface area contributed by atoms with Gasteiger partial charge in [0.1, 0.15) is 11.9 Å². The van der Waals surface area contributed by atoms with Crippen molar-refractivity contribution in [2.24, 2.45) is 0 Å². The Morgan fingerprint density at radius 2 is 1.90 bits per heavy atom. The number of benzene rings is 2. The Labute approximate surface area is 132 Å². The van der Waals surface area contributed by atoms with E-state index in [0.29, 0.717) is 10.6 Å². The van der Waals surface area contributed by atoms with Crippen LogP contribution in [-0.4, -0.2) is 11.2 Å². The van der Waals surface area contributed by atoms with Gasteiger partial charge in [0, 0.05) is 15.1 Å². The van der Waals surface area contributed by atoms with E-state index in [0.717, 1.165) is 15.8 Å². The molecule has 0 aliphatic rings. The fourth-order valence-corrected chi connectivity index (χ4v) is 2.71. The largest absolute Gasteiger partial charge is 0.491 e. The Bertz CT molecular complexity index is 599. The van der Waals surface area contributed by atoms with Crippen molar-refractivity contribution in [1.82, 2.24) is 0 Å². The second-order valence-electron chi connectivity index (χ2n) is 4.81. The van der Waals surface area contributed by atoms with Crippen LogP contribution in [0.2, 0.25) is 5.02 Å². The minimum atomic E-state index is -0.772. The summed E-state index contributed by atoms with van der Waals surface area (Å²) < 4.78 is 6.52. The molecule has 2 nitrogen and oxygen atoms in total. The monoisotopic (exact) mass is 354 g/mol. The van der Waals surface area contributed by atoms with Crippen LogP contribution in [0.4, 0.5) is 0 Å². The van der Waals surface area contributed by atoms with E-state index in [1.807, 2.05) is 50.2 Å². The zero-order valence-corrected chi connectivity index (χ0v) is 13.6. The molecule has 0 aliphatic heterocycles. The van der Waals surface area contributed by atoms with Gasteiger partial charge < -0.3 is 9.84 Å². The van der Waals surface area contributed by atoms with Crippen LogP contribution in [0.5, 0.6) is 5.75 Å². The molecule has 0 heterocycles. The lowest BCUT2D eigenvalue weighted by molar-refractivity contribution is 0.216. The van der Waals surface area contributed by atoms with Crippen molar-refractivity contribution >= 4 is 27.5 Å². The molecule has 0 radical (unpaired) electrons. The Morgan fingerprint density at radius 3 is 2.55 bits per heavy atom. The van der Waals surface area contributed by atoms with Crippen LogP contribution in [0.1, 0.15) is 31.1 Å². The number of aliphatic hydroxyl groups excluding tert-OH is 1. The summed E-state index contributed by atoms with van der Waals surface area (Å²) in [5.74, 6) is 0.741. The smallest absolute Gasteiger partial charge is 0.120 e. The van der Waals surface area contributed by atoms with Crippen LogP contribution in [0.25, 0.3) is 0 Å². The maximum atomic E-state index is 10.5. The summed E-state index contributed by atoms with van der Waals surface area (Å²) in [6.07, 6.45) is -0.676. The molecule has 0 spiro atoms. The molecule has 0 saturated carbocycles. The number of halogens is 2. The van der Waals surface area contributed by atoms with Crippen LogP contribution in [0.15, 0.2) is 46.9 Å². The first kappa shape index (κ1) is 15.4. The lowest BCUT2D eigenvalue weighted by Gasteiger charge is -2.16. The third-order valence-electron chi connectivity index (χ3n) is 2.80. The standard InChI is InChI=1S/C16H16BrClO2/c1-10(2)20-13-5-3-4-11(8-13)16(19)14-7-6-12(17)9-15(14)18/h3-10,16,19H,1-2H3. The predicted octanol–water partition coefficient (Wildman–Crippen LogP) is 4.97. The molecule has 0 fully saturated rings. The van der Waals surface area contributed by atoms with Gasteiger partial charge >= 0.3 is 0 Å². The quantitative estimate of drug-likeness (QED) is 0.839. The van der Waals surface area contributed by atoms with Crippen molar-refractivity contribution in [3.05, 3.63) is 63.1 Å². The van der Waals surface area contributed by atoms with Crippen LogP contribution in [-0.2, 0) is 0 Å². The fraction of sp³-hybridized carbons (Fsp3) is 0.250. The number of rotatable bonds is 4. The molecule has 0 bridgehead atoms. The third-order valence-corrected chi connectivity index (χ3v) is 3.62. The molecule has 106 valence electrons. The molecular weight excluding hydrogens is 340 g/mol. The van der Waals surface area contributed by atoms with Gasteiger partial charge in [0.2, 0.25) is 0 Å². The normalized spacial score (nSPS) is 12.5. The second kappa shape index (κ2) is 6.61. The van der Waals surface area contributed by atoms with Gasteiger partial charge in [-0.15, -0.1) is 0 Å². The SMILES string of the molecule is CC(C)Oc1cccc(C(O)c2ccc(Br)cc2Cl)c1. The Hall–Kier alpha value is -1.03. The van der Waals surface area contributed by atoms with E-state index in [-0.39, 0.29) is 6.10 Å². The van der Waals surface area contributed by atoms with Crippen molar-refractivity contribution in [3.63, 3.8) is 0 Å². The molecule has 2 rings (SSSR count). The Kier molecular flexibility index (Phi) is 5.08. The molecule has 4 heteroatoms. The van der Waals surface area contributed by atoms with Gasteiger partial charge in [-0.05, 0) is 43.7 Å². The molecular formula is C16H16BrClO2. The van der Waals surface area contributed by atoms with Gasteiger partial charge in [-0.3, -0.25) is 0 Å². The number of hydrogen-bond acceptors (Lipinski definition) is 2. The van der Waals surface area contributed by atoms with Crippen molar-refractivity contribution in [2.45, 2.75) is 26.1 Å². The maximum absolute atomic E-state index is 10.5. The average Bonchev–Trinajstić information content (AvgIpc) is 2.37. The Balaban J connectivity index is 2.30. The van der Waals surface area contributed by atoms with Crippen LogP contribution in [0.3, 0.4) is 0 Å². The number of aliphatic hydroxyl groups is 1. The van der Waals surface area contributed by atoms with Gasteiger partial charge in [-0.1, -0.05) is 45.7 Å². The summed E-state index contributed by atoms with van der Waals surface area (Å²) in [5.41, 5.74) is 1.43. The molecule has 2 aromatic rings. The molecule has 20 heavy (non-hydrogen) atoms. The highest BCUT2D eigenvalue weighted by atomic mass is 79.9. The minimum Gasteiger partial charge on any atom is -0.491 e. The van der Waals surface area contributed by atoms with E-state index < -0.39 is 6.10 Å². The molecule has 0 saturated heterocycles. The lowest BCUT2D eigenvalue weighted by atomic mass is 10.0. The van der Waals surface area contributed by atoms with Gasteiger partial charge in [-0.2, -0.15) is 0 Å². The molecule has 0 aromatic heterocycles. The van der Waals surface area contributed by atoms with Gasteiger partial charge in [0.25, 0.3) is 0 Å². The van der Waals surface area contributed by atoms with E-state index in [9.17, 15) is 5.11 Å². The topological polar surface area (TPSA) is 29.5 Å². The highest BCUT2D eigenvalue weighted by molar-refractivity contribution is 9.10. The second-order valence-corrected chi connectivity index (χ2v) is 6.13. The summed E-state index contributed by atoms with van der Waals surface area (Å²) in [7, 11) is 0. The molecule has 1 unspecified atom stereocenters. The summed E-state index contributed by atoms with van der Waals surface area (Å²) in [6.45, 7) is 3.93. The van der Waals surface area contributed by atoms with E-state index >= 15 is 0 Å². The van der Waals surface area contributed by atoms with Crippen LogP contribution < -0.4 is 4.74 Å². The summed E-state index contributed by atoms with van der Waals surface area (Å²) in [6, 6.07) is 12.9. The molecule has 1 N–H and O–H groups in total. The van der Waals surface area contributed by atoms with E-state index in [1.54, 1.807) is 6.07 Å². The van der Waals surface area contributed by atoms with E-state index in [2.05, 4.69) is 15.9 Å². The first-order chi connectivity index (χ1) is 9.47. The number of hydrogen-bond donors (Lipinski definition) is 1. The molecule has 0 amide bonds. The lowest BCUT2D eigenvalue weighted by Crippen LogP contribution is -2.06. The van der Waals surface area contributed by atoms with Gasteiger partial charge in [0.05, 0.1) is 6.10 Å². The molecule has 1 atom stereocenters. The van der Waals surface area contributed by atoms with Crippen molar-refractivity contribution in [1.29, 1.82) is 0 Å². The van der Waals surface area contributed by atoms with Gasteiger partial charge in [0.15, 0.2) is 0 Å². The predicted molar refractivity (Wildman–Crippen MR) is 85.4 cm³/mol. The summed E-state index contributed by atoms with van der Waals surface area (Å²) in [5, 5.41) is 11.0. The molecule has 0 aliphatic carbocycles. The van der Waals surface area contributed by atoms with E-state index in [4.69, 9.17) is 16.3 Å². The van der Waals surface area contributed by atoms with Crippen molar-refractivity contribution in [2.75, 3.05) is 0 Å². The zero-order valence-electron chi connectivity index (χ0n) is 11.3. The first-order valence-corrected chi connectivity index (χ1v) is 7.54. The summed E-state index contributed by atoms with van der Waals surface area (Å²) >= 11 is 9.53. The summed E-state index contributed by atoms with van der Waals surface area (Å²) in [4.78, 5) is 0. The zero-order chi connectivity index (χ0) is 14.7.